The van der Waals surface area contributed by atoms with Gasteiger partial charge in [0.25, 0.3) is 5.91 Å². The second-order valence-electron chi connectivity index (χ2n) is 5.24. The minimum absolute atomic E-state index is 0.0281. The van der Waals surface area contributed by atoms with Crippen LogP contribution in [-0.2, 0) is 6.54 Å². The van der Waals surface area contributed by atoms with Crippen LogP contribution in [0.25, 0.3) is 0 Å². The van der Waals surface area contributed by atoms with Crippen molar-refractivity contribution in [3.63, 3.8) is 0 Å². The van der Waals surface area contributed by atoms with E-state index in [1.165, 1.54) is 17.4 Å². The molecule has 1 aromatic carbocycles. The molecule has 1 unspecified atom stereocenters. The molecule has 1 aromatic heterocycles. The van der Waals surface area contributed by atoms with E-state index >= 15 is 0 Å². The van der Waals surface area contributed by atoms with E-state index in [-0.39, 0.29) is 23.8 Å². The van der Waals surface area contributed by atoms with Gasteiger partial charge in [0.05, 0.1) is 6.04 Å². The summed E-state index contributed by atoms with van der Waals surface area (Å²) in [6.45, 7) is 2.06. The van der Waals surface area contributed by atoms with Crippen molar-refractivity contribution in [1.29, 1.82) is 0 Å². The van der Waals surface area contributed by atoms with Crippen molar-refractivity contribution in [2.75, 3.05) is 0 Å². The summed E-state index contributed by atoms with van der Waals surface area (Å²) in [5, 5.41) is 4.93. The fraction of sp³-hybridized carbons (Fsp3) is 0.375. The highest BCUT2D eigenvalue weighted by Gasteiger charge is 2.15. The van der Waals surface area contributed by atoms with E-state index in [2.05, 4.69) is 17.2 Å². The number of halogens is 2. The fourth-order valence-corrected chi connectivity index (χ4v) is 2.88. The fourth-order valence-electron chi connectivity index (χ4n) is 2.04. The molecule has 124 valence electrons. The third kappa shape index (κ3) is 4.80. The number of hydrogen-bond acceptors (Lipinski definition) is 4. The summed E-state index contributed by atoms with van der Waals surface area (Å²) < 4.78 is 26.3. The number of nitrogens with zero attached hydrogens (tertiary/aromatic N) is 1. The monoisotopic (exact) mass is 339 g/mol. The van der Waals surface area contributed by atoms with Gasteiger partial charge in [0.2, 0.25) is 0 Å². The average Bonchev–Trinajstić information content (AvgIpc) is 3.01. The van der Waals surface area contributed by atoms with Crippen molar-refractivity contribution < 1.29 is 13.6 Å². The van der Waals surface area contributed by atoms with Crippen LogP contribution in [0.1, 0.15) is 53.3 Å². The minimum atomic E-state index is -0.689. The Kier molecular flexibility index (Phi) is 6.18. The number of hydrogen-bond donors (Lipinski definition) is 2. The number of nitrogens with two attached hydrogens (primary N) is 1. The summed E-state index contributed by atoms with van der Waals surface area (Å²) in [4.78, 5) is 16.3. The lowest BCUT2D eigenvalue weighted by Crippen LogP contribution is -2.24. The van der Waals surface area contributed by atoms with Crippen LogP contribution >= 0.6 is 11.3 Å². The molecule has 0 spiro atoms. The standard InChI is InChI=1S/C16H19F2N3OS/c1-2-3-4-13(19)16-21-14(9-23-16)15(22)20-8-10-5-6-11(17)7-12(10)18/h5-7,9,13H,2-4,8,19H2,1H3,(H,20,22). The maximum absolute atomic E-state index is 13.5. The molecule has 0 saturated carbocycles. The zero-order valence-electron chi connectivity index (χ0n) is 12.8. The van der Waals surface area contributed by atoms with Crippen molar-refractivity contribution in [1.82, 2.24) is 10.3 Å². The third-order valence-electron chi connectivity index (χ3n) is 3.39. The Hall–Kier alpha value is -1.86. The van der Waals surface area contributed by atoms with E-state index in [1.807, 2.05) is 0 Å². The molecule has 0 fully saturated rings. The number of aromatic nitrogens is 1. The van der Waals surface area contributed by atoms with Crippen LogP contribution in [-0.4, -0.2) is 10.9 Å². The number of rotatable bonds is 7. The van der Waals surface area contributed by atoms with Gasteiger partial charge in [0, 0.05) is 23.6 Å². The summed E-state index contributed by atoms with van der Waals surface area (Å²) in [7, 11) is 0. The third-order valence-corrected chi connectivity index (χ3v) is 4.37. The number of nitrogens with one attached hydrogen (secondary N) is 1. The molecule has 1 atom stereocenters. The first-order chi connectivity index (χ1) is 11.0. The van der Waals surface area contributed by atoms with Gasteiger partial charge in [0.1, 0.15) is 22.3 Å². The molecular formula is C16H19F2N3OS. The van der Waals surface area contributed by atoms with E-state index < -0.39 is 17.5 Å². The summed E-state index contributed by atoms with van der Waals surface area (Å²) in [5.74, 6) is -1.74. The van der Waals surface area contributed by atoms with Gasteiger partial charge in [-0.2, -0.15) is 0 Å². The molecule has 7 heteroatoms. The number of benzene rings is 1. The highest BCUT2D eigenvalue weighted by atomic mass is 32.1. The SMILES string of the molecule is CCCCC(N)c1nc(C(=O)NCc2ccc(F)cc2F)cs1. The van der Waals surface area contributed by atoms with Crippen molar-refractivity contribution in [3.05, 3.63) is 51.5 Å². The number of carbonyl (C=O) groups is 1. The van der Waals surface area contributed by atoms with E-state index in [4.69, 9.17) is 5.73 Å². The predicted molar refractivity (Wildman–Crippen MR) is 86.1 cm³/mol. The molecule has 0 radical (unpaired) electrons. The predicted octanol–water partition coefficient (Wildman–Crippen LogP) is 3.54. The first-order valence-electron chi connectivity index (χ1n) is 7.44. The van der Waals surface area contributed by atoms with Gasteiger partial charge in [-0.05, 0) is 12.5 Å². The van der Waals surface area contributed by atoms with Crippen LogP contribution in [0, 0.1) is 11.6 Å². The lowest BCUT2D eigenvalue weighted by Gasteiger charge is -2.07. The summed E-state index contributed by atoms with van der Waals surface area (Å²) >= 11 is 1.34. The van der Waals surface area contributed by atoms with Gasteiger partial charge in [-0.1, -0.05) is 25.8 Å². The molecule has 1 heterocycles. The molecular weight excluding hydrogens is 320 g/mol. The van der Waals surface area contributed by atoms with Gasteiger partial charge in [-0.25, -0.2) is 13.8 Å². The van der Waals surface area contributed by atoms with Crippen molar-refractivity contribution in [2.45, 2.75) is 38.8 Å². The smallest absolute Gasteiger partial charge is 0.271 e. The van der Waals surface area contributed by atoms with E-state index in [0.29, 0.717) is 0 Å². The van der Waals surface area contributed by atoms with Gasteiger partial charge in [-0.15, -0.1) is 11.3 Å². The topological polar surface area (TPSA) is 68.0 Å². The minimum Gasteiger partial charge on any atom is -0.346 e. The molecule has 0 aliphatic heterocycles. The van der Waals surface area contributed by atoms with Gasteiger partial charge >= 0.3 is 0 Å². The van der Waals surface area contributed by atoms with Crippen LogP contribution in [0.15, 0.2) is 23.6 Å². The quantitative estimate of drug-likeness (QED) is 0.811. The molecule has 2 rings (SSSR count). The first-order valence-corrected chi connectivity index (χ1v) is 8.32. The van der Waals surface area contributed by atoms with Crippen LogP contribution in [0.5, 0.6) is 0 Å². The Balaban J connectivity index is 1.94. The van der Waals surface area contributed by atoms with E-state index in [0.717, 1.165) is 36.4 Å². The van der Waals surface area contributed by atoms with Crippen LogP contribution in [0.2, 0.25) is 0 Å². The van der Waals surface area contributed by atoms with Crippen LogP contribution in [0.4, 0.5) is 8.78 Å². The Labute approximate surface area is 137 Å². The largest absolute Gasteiger partial charge is 0.346 e. The maximum atomic E-state index is 13.5. The molecule has 0 aliphatic carbocycles. The Morgan fingerprint density at radius 1 is 1.43 bits per heavy atom. The summed E-state index contributed by atoms with van der Waals surface area (Å²) in [5.41, 5.74) is 6.51. The number of carbonyl (C=O) groups excluding carboxylic acids is 1. The molecule has 2 aromatic rings. The average molecular weight is 339 g/mol. The van der Waals surface area contributed by atoms with E-state index in [1.54, 1.807) is 5.38 Å². The molecule has 4 nitrogen and oxygen atoms in total. The maximum Gasteiger partial charge on any atom is 0.271 e. The van der Waals surface area contributed by atoms with Gasteiger partial charge in [0.15, 0.2) is 0 Å². The lowest BCUT2D eigenvalue weighted by atomic mass is 10.1. The number of amides is 1. The zero-order chi connectivity index (χ0) is 16.8. The van der Waals surface area contributed by atoms with Crippen molar-refractivity contribution >= 4 is 17.2 Å². The molecule has 0 bridgehead atoms. The highest BCUT2D eigenvalue weighted by Crippen LogP contribution is 2.21. The zero-order valence-corrected chi connectivity index (χ0v) is 13.6. The molecule has 0 saturated heterocycles. The second-order valence-corrected chi connectivity index (χ2v) is 6.13. The van der Waals surface area contributed by atoms with Crippen molar-refractivity contribution in [2.24, 2.45) is 5.73 Å². The molecule has 0 aliphatic rings. The van der Waals surface area contributed by atoms with Gasteiger partial charge in [-0.3, -0.25) is 4.79 Å². The van der Waals surface area contributed by atoms with Crippen molar-refractivity contribution in [3.8, 4) is 0 Å². The molecule has 3 N–H and O–H groups in total. The Morgan fingerprint density at radius 3 is 2.91 bits per heavy atom. The van der Waals surface area contributed by atoms with Crippen LogP contribution < -0.4 is 11.1 Å². The lowest BCUT2D eigenvalue weighted by molar-refractivity contribution is 0.0946. The first kappa shape index (κ1) is 17.5. The Morgan fingerprint density at radius 2 is 2.22 bits per heavy atom. The summed E-state index contributed by atoms with van der Waals surface area (Å²) in [6.07, 6.45) is 2.88. The summed E-state index contributed by atoms with van der Waals surface area (Å²) in [6, 6.07) is 3.07. The normalized spacial score (nSPS) is 12.2. The van der Waals surface area contributed by atoms with Gasteiger partial charge < -0.3 is 11.1 Å². The second kappa shape index (κ2) is 8.12. The molecule has 23 heavy (non-hydrogen) atoms. The highest BCUT2D eigenvalue weighted by molar-refractivity contribution is 7.09. The number of unbranched alkanes of at least 4 members (excludes halogenated alkanes) is 1. The molecule has 1 amide bonds. The number of thiazole rings is 1. The van der Waals surface area contributed by atoms with Crippen LogP contribution in [0.3, 0.4) is 0 Å². The Bertz CT molecular complexity index is 675. The van der Waals surface area contributed by atoms with E-state index in [9.17, 15) is 13.6 Å².